The number of hydrogen-bond donors (Lipinski definition) is 2. The SMILES string of the molecule is C[C@]12CC[C@H]3[C@]4(C=C[C@@]5(C=C4C(=O)c4ccccc4-c4ccccc4)CC(O)CC[C@]35C)[C@@H]1CC[C@@]2(O)CN1CCCCCCC1. The van der Waals surface area contributed by atoms with Crippen molar-refractivity contribution in [3.63, 3.8) is 0 Å². The van der Waals surface area contributed by atoms with E-state index in [0.29, 0.717) is 12.3 Å². The Bertz CT molecular complexity index is 1560. The summed E-state index contributed by atoms with van der Waals surface area (Å²) in [5.41, 5.74) is 1.94. The fourth-order valence-corrected chi connectivity index (χ4v) is 12.1. The minimum Gasteiger partial charge on any atom is -0.393 e. The van der Waals surface area contributed by atoms with Crippen LogP contribution in [0.4, 0.5) is 0 Å². The zero-order chi connectivity index (χ0) is 31.8. The minimum atomic E-state index is -0.768. The van der Waals surface area contributed by atoms with Gasteiger partial charge in [-0.15, -0.1) is 0 Å². The maximum absolute atomic E-state index is 15.3. The number of carbonyl (C=O) groups excluding carboxylic acids is 1. The molecular formula is C42H53NO3. The summed E-state index contributed by atoms with van der Waals surface area (Å²) in [6.45, 7) is 7.78. The van der Waals surface area contributed by atoms with Crippen LogP contribution in [0.25, 0.3) is 11.1 Å². The molecule has 1 aliphatic heterocycles. The maximum atomic E-state index is 15.3. The molecule has 2 bridgehead atoms. The number of Topliss-reactive ketones (excluding diaryl/α,β-unsaturated/α-hetero) is 1. The molecule has 4 nitrogen and oxygen atoms in total. The van der Waals surface area contributed by atoms with Gasteiger partial charge in [0.2, 0.25) is 0 Å². The van der Waals surface area contributed by atoms with E-state index in [1.807, 2.05) is 36.4 Å². The van der Waals surface area contributed by atoms with Crippen molar-refractivity contribution in [3.8, 4) is 11.1 Å². The van der Waals surface area contributed by atoms with E-state index in [4.69, 9.17) is 0 Å². The zero-order valence-corrected chi connectivity index (χ0v) is 28.0. The number of allylic oxidation sites excluding steroid dienone is 4. The number of ketones is 1. The first-order valence-electron chi connectivity index (χ1n) is 18.4. The molecule has 0 amide bonds. The zero-order valence-electron chi connectivity index (χ0n) is 28.0. The number of hydrogen-bond acceptors (Lipinski definition) is 4. The van der Waals surface area contributed by atoms with E-state index in [2.05, 4.69) is 55.2 Å². The van der Waals surface area contributed by atoms with E-state index in [-0.39, 0.29) is 34.1 Å². The molecule has 3 saturated carbocycles. The Kier molecular flexibility index (Phi) is 7.36. The lowest BCUT2D eigenvalue weighted by Gasteiger charge is -2.71. The summed E-state index contributed by atoms with van der Waals surface area (Å²) >= 11 is 0. The predicted octanol–water partition coefficient (Wildman–Crippen LogP) is 8.39. The largest absolute Gasteiger partial charge is 0.393 e. The minimum absolute atomic E-state index is 0.0191. The molecule has 4 fully saturated rings. The second-order valence-corrected chi connectivity index (χ2v) is 16.6. The van der Waals surface area contributed by atoms with Gasteiger partial charge in [0.25, 0.3) is 0 Å². The fourth-order valence-electron chi connectivity index (χ4n) is 12.1. The molecular weight excluding hydrogens is 566 g/mol. The molecule has 0 radical (unpaired) electrons. The number of nitrogens with zero attached hydrogens (tertiary/aromatic N) is 1. The third kappa shape index (κ3) is 4.25. The normalized spacial score (nSPS) is 41.9. The Labute approximate surface area is 276 Å². The van der Waals surface area contributed by atoms with Crippen molar-refractivity contribution in [2.75, 3.05) is 19.6 Å². The molecule has 244 valence electrons. The highest BCUT2D eigenvalue weighted by Crippen LogP contribution is 2.78. The monoisotopic (exact) mass is 619 g/mol. The fraction of sp³-hybridized carbons (Fsp3) is 0.595. The number of likely N-dealkylation sites (tertiary alicyclic amines) is 1. The lowest BCUT2D eigenvalue weighted by atomic mass is 9.32. The molecule has 6 aliphatic carbocycles. The Balaban J connectivity index is 1.25. The van der Waals surface area contributed by atoms with E-state index >= 15 is 4.79 Å². The van der Waals surface area contributed by atoms with E-state index in [1.165, 1.54) is 32.1 Å². The molecule has 2 aromatic rings. The van der Waals surface area contributed by atoms with Gasteiger partial charge in [-0.1, -0.05) is 106 Å². The van der Waals surface area contributed by atoms with Crippen molar-refractivity contribution in [3.05, 3.63) is 84.0 Å². The van der Waals surface area contributed by atoms with Crippen LogP contribution in [-0.2, 0) is 0 Å². The van der Waals surface area contributed by atoms with Gasteiger partial charge in [-0.05, 0) is 99.3 Å². The third-order valence-electron chi connectivity index (χ3n) is 14.6. The van der Waals surface area contributed by atoms with Gasteiger partial charge < -0.3 is 15.1 Å². The quantitative estimate of drug-likeness (QED) is 0.261. The summed E-state index contributed by atoms with van der Waals surface area (Å²) in [4.78, 5) is 17.9. The van der Waals surface area contributed by atoms with Crippen molar-refractivity contribution in [1.29, 1.82) is 0 Å². The number of aliphatic hydroxyl groups is 2. The number of rotatable bonds is 5. The highest BCUT2D eigenvalue weighted by Gasteiger charge is 2.74. The first-order chi connectivity index (χ1) is 22.2. The summed E-state index contributed by atoms with van der Waals surface area (Å²) in [5, 5.41) is 23.9. The molecule has 8 atom stereocenters. The average Bonchev–Trinajstić information content (AvgIpc) is 3.32. The molecule has 2 aromatic carbocycles. The van der Waals surface area contributed by atoms with Gasteiger partial charge in [0.05, 0.1) is 11.7 Å². The third-order valence-corrected chi connectivity index (χ3v) is 14.6. The van der Waals surface area contributed by atoms with E-state index < -0.39 is 11.0 Å². The van der Waals surface area contributed by atoms with Crippen LogP contribution in [0.1, 0.15) is 101 Å². The lowest BCUT2D eigenvalue weighted by molar-refractivity contribution is -0.176. The highest BCUT2D eigenvalue weighted by molar-refractivity contribution is 6.14. The van der Waals surface area contributed by atoms with Crippen molar-refractivity contribution >= 4 is 5.78 Å². The second kappa shape index (κ2) is 11.0. The Morgan fingerprint density at radius 1 is 0.804 bits per heavy atom. The van der Waals surface area contributed by atoms with Crippen molar-refractivity contribution < 1.29 is 15.0 Å². The van der Waals surface area contributed by atoms with Gasteiger partial charge in [0, 0.05) is 33.9 Å². The van der Waals surface area contributed by atoms with Crippen LogP contribution in [-0.4, -0.2) is 52.2 Å². The number of β-amino-alcohol motifs (C(OH)–C–C–N with tert-alkyl or cyclic N) is 1. The van der Waals surface area contributed by atoms with E-state index in [1.54, 1.807) is 0 Å². The molecule has 1 unspecified atom stereocenters. The highest BCUT2D eigenvalue weighted by atomic mass is 16.3. The van der Waals surface area contributed by atoms with Crippen LogP contribution in [0, 0.1) is 33.5 Å². The molecule has 0 aromatic heterocycles. The molecule has 46 heavy (non-hydrogen) atoms. The first-order valence-corrected chi connectivity index (χ1v) is 18.4. The number of aliphatic hydroxyl groups excluding tert-OH is 1. The van der Waals surface area contributed by atoms with Gasteiger partial charge >= 0.3 is 0 Å². The van der Waals surface area contributed by atoms with Crippen LogP contribution in [0.3, 0.4) is 0 Å². The van der Waals surface area contributed by atoms with Gasteiger partial charge in [-0.3, -0.25) is 4.79 Å². The first kappa shape index (κ1) is 30.8. The molecule has 7 aliphatic rings. The molecule has 2 N–H and O–H groups in total. The Hall–Kier alpha value is -2.53. The smallest absolute Gasteiger partial charge is 0.190 e. The lowest BCUT2D eigenvalue weighted by Crippen LogP contribution is -2.67. The molecule has 4 heteroatoms. The second-order valence-electron chi connectivity index (χ2n) is 16.6. The number of fused-ring (bicyclic) bond motifs is 1. The molecule has 1 heterocycles. The van der Waals surface area contributed by atoms with Crippen LogP contribution in [0.15, 0.2) is 78.4 Å². The average molecular weight is 620 g/mol. The van der Waals surface area contributed by atoms with E-state index in [0.717, 1.165) is 80.4 Å². The van der Waals surface area contributed by atoms with Crippen LogP contribution >= 0.6 is 0 Å². The van der Waals surface area contributed by atoms with Crippen LogP contribution < -0.4 is 0 Å². The summed E-state index contributed by atoms with van der Waals surface area (Å²) in [6.07, 6.45) is 19.5. The standard InChI is InChI=1S/C42H53NO3/c1-38-20-17-31(44)27-40(38)23-24-42(34(28-40)37(45)33-16-10-9-15-32(33)30-13-7-6-8-14-30)35(38)18-21-39(2)36(42)19-22-41(39,46)29-43-25-11-4-3-5-12-26-43/h6-10,13-16,23-24,28,31,35-36,44,46H,3-5,11-12,17-22,25-27,29H2,1-2H3/t31?,35-,36-,38-,39+,40+,41-,42-/m1/s1. The van der Waals surface area contributed by atoms with Gasteiger partial charge in [-0.2, -0.15) is 0 Å². The maximum Gasteiger partial charge on any atom is 0.190 e. The van der Waals surface area contributed by atoms with Crippen LogP contribution in [0.2, 0.25) is 0 Å². The summed E-state index contributed by atoms with van der Waals surface area (Å²) in [6, 6.07) is 18.5. The Morgan fingerprint density at radius 3 is 2.24 bits per heavy atom. The topological polar surface area (TPSA) is 60.8 Å². The Morgan fingerprint density at radius 2 is 1.46 bits per heavy atom. The van der Waals surface area contributed by atoms with Crippen molar-refractivity contribution in [1.82, 2.24) is 4.90 Å². The number of benzene rings is 2. The summed E-state index contributed by atoms with van der Waals surface area (Å²) < 4.78 is 0. The van der Waals surface area contributed by atoms with Gasteiger partial charge in [-0.25, -0.2) is 0 Å². The van der Waals surface area contributed by atoms with Crippen molar-refractivity contribution in [2.24, 2.45) is 33.5 Å². The van der Waals surface area contributed by atoms with Gasteiger partial charge in [0.1, 0.15) is 0 Å². The summed E-state index contributed by atoms with van der Waals surface area (Å²) in [5.74, 6) is 0.641. The van der Waals surface area contributed by atoms with Crippen molar-refractivity contribution in [2.45, 2.75) is 103 Å². The van der Waals surface area contributed by atoms with E-state index in [9.17, 15) is 10.2 Å². The predicted molar refractivity (Wildman–Crippen MR) is 184 cm³/mol. The molecule has 9 rings (SSSR count). The molecule has 2 spiro atoms. The number of carbonyl (C=O) groups is 1. The summed E-state index contributed by atoms with van der Waals surface area (Å²) in [7, 11) is 0. The molecule has 1 saturated heterocycles. The van der Waals surface area contributed by atoms with Crippen LogP contribution in [0.5, 0.6) is 0 Å². The van der Waals surface area contributed by atoms with Gasteiger partial charge in [0.15, 0.2) is 5.78 Å².